The van der Waals surface area contributed by atoms with Crippen molar-refractivity contribution in [1.82, 2.24) is 10.2 Å². The minimum Gasteiger partial charge on any atom is -0.480 e. The lowest BCUT2D eigenvalue weighted by atomic mass is 10.1. The number of ether oxygens (including phenoxy) is 1. The third-order valence-electron chi connectivity index (χ3n) is 1.46. The van der Waals surface area contributed by atoms with Gasteiger partial charge in [-0.05, 0) is 12.0 Å². The fourth-order valence-corrected chi connectivity index (χ4v) is 0.747. The third kappa shape index (κ3) is 3.69. The van der Waals surface area contributed by atoms with Crippen LogP contribution in [0.4, 0.5) is 0 Å². The second kappa shape index (κ2) is 6.17. The molecule has 0 bridgehead atoms. The van der Waals surface area contributed by atoms with E-state index in [2.05, 4.69) is 37.2 Å². The molecular weight excluding hydrogens is 164 g/mol. The molecule has 0 amide bonds. The Morgan fingerprint density at radius 3 is 2.15 bits per heavy atom. The van der Waals surface area contributed by atoms with Crippen LogP contribution in [0, 0.1) is 0 Å². The van der Waals surface area contributed by atoms with E-state index in [9.17, 15) is 0 Å². The van der Waals surface area contributed by atoms with Gasteiger partial charge in [-0.1, -0.05) is 13.8 Å². The molecule has 0 atom stereocenters. The van der Waals surface area contributed by atoms with E-state index in [4.69, 9.17) is 4.74 Å². The molecule has 0 saturated carbocycles. The molecule has 1 aromatic rings. The summed E-state index contributed by atoms with van der Waals surface area (Å²) in [5, 5.41) is 7.82. The fraction of sp³-hybridized carbons (Fsp3) is 0.400. The Bertz CT molecular complexity index is 231. The highest BCUT2D eigenvalue weighted by molar-refractivity contribution is 5.13. The number of rotatable bonds is 2. The van der Waals surface area contributed by atoms with Gasteiger partial charge >= 0.3 is 0 Å². The first-order valence-electron chi connectivity index (χ1n) is 4.11. The highest BCUT2D eigenvalue weighted by atomic mass is 16.5. The molecule has 0 aromatic carbocycles. The molecule has 3 heteroatoms. The zero-order valence-corrected chi connectivity index (χ0v) is 8.45. The second-order valence-corrected chi connectivity index (χ2v) is 2.66. The summed E-state index contributed by atoms with van der Waals surface area (Å²) in [5.41, 5.74) is 0.991. The molecule has 1 aromatic heterocycles. The largest absolute Gasteiger partial charge is 0.480 e. The Kier molecular flexibility index (Phi) is 5.52. The van der Waals surface area contributed by atoms with E-state index in [0.717, 1.165) is 5.69 Å². The van der Waals surface area contributed by atoms with Crippen molar-refractivity contribution in [3.8, 4) is 5.88 Å². The van der Waals surface area contributed by atoms with E-state index in [1.165, 1.54) is 0 Å². The van der Waals surface area contributed by atoms with Crippen molar-refractivity contribution < 1.29 is 4.74 Å². The molecule has 72 valence electrons. The molecule has 0 fully saturated rings. The van der Waals surface area contributed by atoms with Gasteiger partial charge in [-0.25, -0.2) is 0 Å². The highest BCUT2D eigenvalue weighted by Gasteiger charge is 2.00. The van der Waals surface area contributed by atoms with Crippen LogP contribution in [0.5, 0.6) is 5.88 Å². The van der Waals surface area contributed by atoms with Crippen molar-refractivity contribution in [2.75, 3.05) is 7.11 Å². The SMILES string of the molecule is C=C.COc1ccc(C(C)C)nn1. The van der Waals surface area contributed by atoms with Gasteiger partial charge in [0.15, 0.2) is 0 Å². The van der Waals surface area contributed by atoms with Crippen LogP contribution < -0.4 is 4.74 Å². The summed E-state index contributed by atoms with van der Waals surface area (Å²) in [6.45, 7) is 10.2. The number of hydrogen-bond acceptors (Lipinski definition) is 3. The predicted octanol–water partition coefficient (Wildman–Crippen LogP) is 2.41. The van der Waals surface area contributed by atoms with Gasteiger partial charge in [0.1, 0.15) is 0 Å². The van der Waals surface area contributed by atoms with E-state index in [1.807, 2.05) is 12.1 Å². The molecule has 0 aliphatic heterocycles. The molecule has 0 aliphatic carbocycles. The smallest absolute Gasteiger partial charge is 0.233 e. The average molecular weight is 180 g/mol. The van der Waals surface area contributed by atoms with Crippen molar-refractivity contribution in [1.29, 1.82) is 0 Å². The summed E-state index contributed by atoms with van der Waals surface area (Å²) < 4.78 is 4.88. The van der Waals surface area contributed by atoms with Crippen LogP contribution >= 0.6 is 0 Å². The average Bonchev–Trinajstić information content (AvgIpc) is 2.21. The fourth-order valence-electron chi connectivity index (χ4n) is 0.747. The van der Waals surface area contributed by atoms with Crippen LogP contribution in [0.1, 0.15) is 25.5 Å². The molecule has 13 heavy (non-hydrogen) atoms. The minimum absolute atomic E-state index is 0.424. The Balaban J connectivity index is 0.000000671. The molecule has 0 spiro atoms. The molecule has 0 saturated heterocycles. The number of aromatic nitrogens is 2. The second-order valence-electron chi connectivity index (χ2n) is 2.66. The summed E-state index contributed by atoms with van der Waals surface area (Å²) >= 11 is 0. The lowest BCUT2D eigenvalue weighted by Crippen LogP contribution is -1.96. The number of methoxy groups -OCH3 is 1. The molecule has 3 nitrogen and oxygen atoms in total. The number of hydrogen-bond donors (Lipinski definition) is 0. The maximum absolute atomic E-state index is 4.88. The van der Waals surface area contributed by atoms with Gasteiger partial charge in [0.25, 0.3) is 0 Å². The van der Waals surface area contributed by atoms with Crippen LogP contribution in [0.25, 0.3) is 0 Å². The van der Waals surface area contributed by atoms with Gasteiger partial charge in [0.2, 0.25) is 5.88 Å². The first-order chi connectivity index (χ1) is 6.24. The van der Waals surface area contributed by atoms with Crippen LogP contribution in [-0.2, 0) is 0 Å². The van der Waals surface area contributed by atoms with Gasteiger partial charge in [0, 0.05) is 6.07 Å². The molecular formula is C10H16N2O. The van der Waals surface area contributed by atoms with Gasteiger partial charge in [0.05, 0.1) is 12.8 Å². The highest BCUT2D eigenvalue weighted by Crippen LogP contribution is 2.11. The van der Waals surface area contributed by atoms with Crippen molar-refractivity contribution >= 4 is 0 Å². The van der Waals surface area contributed by atoms with Crippen LogP contribution in [0.2, 0.25) is 0 Å². The first kappa shape index (κ1) is 11.6. The zero-order valence-electron chi connectivity index (χ0n) is 8.45. The summed E-state index contributed by atoms with van der Waals surface area (Å²) in [6.07, 6.45) is 0. The van der Waals surface area contributed by atoms with Crippen molar-refractivity contribution in [2.45, 2.75) is 19.8 Å². The molecule has 0 radical (unpaired) electrons. The van der Waals surface area contributed by atoms with E-state index in [-0.39, 0.29) is 0 Å². The Morgan fingerprint density at radius 2 is 1.85 bits per heavy atom. The van der Waals surface area contributed by atoms with E-state index >= 15 is 0 Å². The minimum atomic E-state index is 0.424. The van der Waals surface area contributed by atoms with Crippen LogP contribution in [0.15, 0.2) is 25.3 Å². The monoisotopic (exact) mass is 180 g/mol. The summed E-state index contributed by atoms with van der Waals surface area (Å²) in [7, 11) is 1.58. The Morgan fingerprint density at radius 1 is 1.23 bits per heavy atom. The molecule has 1 heterocycles. The van der Waals surface area contributed by atoms with Crippen molar-refractivity contribution in [3.63, 3.8) is 0 Å². The summed E-state index contributed by atoms with van der Waals surface area (Å²) in [5.74, 6) is 0.989. The third-order valence-corrected chi connectivity index (χ3v) is 1.46. The van der Waals surface area contributed by atoms with Gasteiger partial charge in [-0.2, -0.15) is 5.10 Å². The van der Waals surface area contributed by atoms with Crippen molar-refractivity contribution in [3.05, 3.63) is 31.0 Å². The Labute approximate surface area is 79.5 Å². The van der Waals surface area contributed by atoms with Gasteiger partial charge in [-0.15, -0.1) is 18.3 Å². The lowest BCUT2D eigenvalue weighted by Gasteiger charge is -2.02. The van der Waals surface area contributed by atoms with Gasteiger partial charge in [-0.3, -0.25) is 0 Å². The maximum atomic E-state index is 4.88. The topological polar surface area (TPSA) is 35.0 Å². The van der Waals surface area contributed by atoms with Crippen LogP contribution in [-0.4, -0.2) is 17.3 Å². The molecule has 0 aliphatic rings. The van der Waals surface area contributed by atoms with Crippen LogP contribution in [0.3, 0.4) is 0 Å². The molecule has 1 rings (SSSR count). The van der Waals surface area contributed by atoms with E-state index in [0.29, 0.717) is 11.8 Å². The Hall–Kier alpha value is -1.38. The summed E-state index contributed by atoms with van der Waals surface area (Å²) in [6, 6.07) is 3.75. The molecule has 0 N–H and O–H groups in total. The maximum Gasteiger partial charge on any atom is 0.233 e. The normalized spacial score (nSPS) is 8.92. The first-order valence-corrected chi connectivity index (χ1v) is 4.11. The molecule has 0 unspecified atom stereocenters. The number of nitrogens with zero attached hydrogens (tertiary/aromatic N) is 2. The van der Waals surface area contributed by atoms with Crippen molar-refractivity contribution in [2.24, 2.45) is 0 Å². The van der Waals surface area contributed by atoms with Gasteiger partial charge < -0.3 is 4.74 Å². The zero-order chi connectivity index (χ0) is 10.3. The van der Waals surface area contributed by atoms with E-state index < -0.39 is 0 Å². The quantitative estimate of drug-likeness (QED) is 0.655. The standard InChI is InChI=1S/C8H12N2O.C2H4/c1-6(2)7-4-5-8(11-3)10-9-7;1-2/h4-6H,1-3H3;1-2H2. The lowest BCUT2D eigenvalue weighted by molar-refractivity contribution is 0.390. The van der Waals surface area contributed by atoms with E-state index in [1.54, 1.807) is 7.11 Å². The summed E-state index contributed by atoms with van der Waals surface area (Å²) in [4.78, 5) is 0. The predicted molar refractivity (Wildman–Crippen MR) is 53.9 cm³/mol.